The van der Waals surface area contributed by atoms with Crippen molar-refractivity contribution in [2.24, 2.45) is 0 Å². The van der Waals surface area contributed by atoms with Gasteiger partial charge in [0.1, 0.15) is 5.82 Å². The van der Waals surface area contributed by atoms with Gasteiger partial charge in [-0.25, -0.2) is 12.8 Å². The van der Waals surface area contributed by atoms with Crippen LogP contribution in [0.3, 0.4) is 0 Å². The number of rotatable bonds is 5. The average molecular weight is 440 g/mol. The number of hydrogen-bond acceptors (Lipinski definition) is 3. The fraction of sp³-hybridized carbons (Fsp3) is 0.150. The largest absolute Gasteiger partial charge is 0.288 e. The molecule has 2 aromatic carbocycles. The predicted octanol–water partition coefficient (Wildman–Crippen LogP) is 5.29. The highest BCUT2D eigenvalue weighted by Crippen LogP contribution is 2.31. The fourth-order valence-electron chi connectivity index (χ4n) is 2.68. The third-order valence-corrected chi connectivity index (χ3v) is 6.12. The zero-order valence-electron chi connectivity index (χ0n) is 14.7. The monoisotopic (exact) mass is 439 g/mol. The Balaban J connectivity index is 1.98. The van der Waals surface area contributed by atoms with Gasteiger partial charge in [-0.15, -0.1) is 11.6 Å². The van der Waals surface area contributed by atoms with Gasteiger partial charge in [-0.1, -0.05) is 35.9 Å². The summed E-state index contributed by atoms with van der Waals surface area (Å²) >= 11 is 12.2. The van der Waals surface area contributed by atoms with Crippen molar-refractivity contribution in [3.63, 3.8) is 0 Å². The Morgan fingerprint density at radius 3 is 2.54 bits per heavy atom. The summed E-state index contributed by atoms with van der Waals surface area (Å²) in [7, 11) is -3.97. The molecule has 0 aromatic heterocycles. The van der Waals surface area contributed by atoms with Crippen molar-refractivity contribution in [2.75, 3.05) is 4.72 Å². The molecule has 3 rings (SSSR count). The first-order chi connectivity index (χ1) is 13.1. The van der Waals surface area contributed by atoms with Crippen molar-refractivity contribution >= 4 is 44.7 Å². The molecule has 0 amide bonds. The first-order valence-electron chi connectivity index (χ1n) is 8.29. The van der Waals surface area contributed by atoms with E-state index in [1.807, 2.05) is 0 Å². The van der Waals surface area contributed by atoms with Crippen molar-refractivity contribution in [3.05, 3.63) is 87.6 Å². The minimum Gasteiger partial charge on any atom is -0.288 e. The van der Waals surface area contributed by atoms with Crippen molar-refractivity contribution in [1.82, 2.24) is 0 Å². The molecular formula is C20H16Cl2FNO3S. The third kappa shape index (κ3) is 4.46. The normalized spacial score (nSPS) is 19.2. The van der Waals surface area contributed by atoms with Crippen LogP contribution < -0.4 is 4.72 Å². The minimum atomic E-state index is -3.97. The zero-order chi connectivity index (χ0) is 20.5. The SMILES string of the molecule is CC1(Cl)C=CC(S(=O)(=O)Nc2ccc(Cl)cc2C(=O)c2ccccc2F)=CC1. The molecule has 146 valence electrons. The first kappa shape index (κ1) is 20.6. The lowest BCUT2D eigenvalue weighted by molar-refractivity contribution is 0.103. The molecule has 0 bridgehead atoms. The van der Waals surface area contributed by atoms with E-state index in [1.165, 1.54) is 48.6 Å². The summed E-state index contributed by atoms with van der Waals surface area (Å²) in [6.07, 6.45) is 4.84. The third-order valence-electron chi connectivity index (χ3n) is 4.20. The van der Waals surface area contributed by atoms with Crippen LogP contribution in [0.2, 0.25) is 5.02 Å². The van der Waals surface area contributed by atoms with Crippen LogP contribution in [0, 0.1) is 5.82 Å². The van der Waals surface area contributed by atoms with Crippen LogP contribution in [0.5, 0.6) is 0 Å². The number of halogens is 3. The molecule has 0 saturated carbocycles. The summed E-state index contributed by atoms with van der Waals surface area (Å²) in [6, 6.07) is 9.57. The second kappa shape index (κ2) is 7.70. The topological polar surface area (TPSA) is 63.2 Å². The van der Waals surface area contributed by atoms with Crippen molar-refractivity contribution in [3.8, 4) is 0 Å². The van der Waals surface area contributed by atoms with Crippen LogP contribution in [0.15, 0.2) is 65.6 Å². The Morgan fingerprint density at radius 1 is 1.18 bits per heavy atom. The Kier molecular flexibility index (Phi) is 5.66. The van der Waals surface area contributed by atoms with E-state index in [2.05, 4.69) is 4.72 Å². The summed E-state index contributed by atoms with van der Waals surface area (Å²) in [5, 5.41) is 0.220. The molecule has 0 saturated heterocycles. The van der Waals surface area contributed by atoms with Gasteiger partial charge in [0.15, 0.2) is 5.78 Å². The number of benzene rings is 2. The number of carbonyl (C=O) groups is 1. The molecule has 0 heterocycles. The van der Waals surface area contributed by atoms with E-state index in [-0.39, 0.29) is 26.7 Å². The number of allylic oxidation sites excluding steroid dienone is 3. The van der Waals surface area contributed by atoms with E-state index >= 15 is 0 Å². The van der Waals surface area contributed by atoms with Gasteiger partial charge in [0.2, 0.25) is 0 Å². The molecule has 0 radical (unpaired) electrons. The number of alkyl halides is 1. The standard InChI is InChI=1S/C20H16Cl2FNO3S/c1-20(22)10-8-14(9-11-20)28(26,27)24-18-7-6-13(21)12-16(18)19(25)15-4-2-3-5-17(15)23/h2-10,12,24H,11H2,1H3. The molecular weight excluding hydrogens is 424 g/mol. The number of ketones is 1. The second-order valence-corrected chi connectivity index (χ2v) is 9.51. The summed E-state index contributed by atoms with van der Waals surface area (Å²) in [5.74, 6) is -1.39. The number of sulfonamides is 1. The number of carbonyl (C=O) groups excluding carboxylic acids is 1. The molecule has 4 nitrogen and oxygen atoms in total. The number of hydrogen-bond donors (Lipinski definition) is 1. The maximum atomic E-state index is 14.0. The highest BCUT2D eigenvalue weighted by atomic mass is 35.5. The van der Waals surface area contributed by atoms with Gasteiger partial charge >= 0.3 is 0 Å². The molecule has 0 aliphatic heterocycles. The van der Waals surface area contributed by atoms with Gasteiger partial charge in [0.25, 0.3) is 10.0 Å². The summed E-state index contributed by atoms with van der Waals surface area (Å²) < 4.78 is 41.9. The van der Waals surface area contributed by atoms with Gasteiger partial charge in [-0.05, 0) is 49.8 Å². The molecule has 1 unspecified atom stereocenters. The molecule has 2 aromatic rings. The molecule has 1 atom stereocenters. The smallest absolute Gasteiger partial charge is 0.261 e. The van der Waals surface area contributed by atoms with E-state index in [1.54, 1.807) is 13.0 Å². The van der Waals surface area contributed by atoms with Crippen LogP contribution in [0.4, 0.5) is 10.1 Å². The summed E-state index contributed by atoms with van der Waals surface area (Å²) in [6.45, 7) is 1.77. The molecule has 1 aliphatic carbocycles. The molecule has 1 aliphatic rings. The lowest BCUT2D eigenvalue weighted by atomic mass is 10.0. The maximum absolute atomic E-state index is 14.0. The Labute approximate surface area is 172 Å². The van der Waals surface area contributed by atoms with Gasteiger partial charge in [-0.3, -0.25) is 9.52 Å². The fourth-order valence-corrected chi connectivity index (χ4v) is 4.13. The van der Waals surface area contributed by atoms with Crippen molar-refractivity contribution in [2.45, 2.75) is 18.2 Å². The van der Waals surface area contributed by atoms with E-state index in [0.717, 1.165) is 6.07 Å². The van der Waals surface area contributed by atoms with Crippen molar-refractivity contribution < 1.29 is 17.6 Å². The highest BCUT2D eigenvalue weighted by molar-refractivity contribution is 7.96. The van der Waals surface area contributed by atoms with Crippen LogP contribution in [-0.2, 0) is 10.0 Å². The Hall–Kier alpha value is -2.15. The first-order valence-corrected chi connectivity index (χ1v) is 10.5. The van der Waals surface area contributed by atoms with Gasteiger partial charge in [0.05, 0.1) is 21.0 Å². The van der Waals surface area contributed by atoms with Gasteiger partial charge < -0.3 is 0 Å². The number of nitrogens with one attached hydrogen (secondary N) is 1. The van der Waals surface area contributed by atoms with E-state index in [9.17, 15) is 17.6 Å². The van der Waals surface area contributed by atoms with Crippen molar-refractivity contribution in [1.29, 1.82) is 0 Å². The van der Waals surface area contributed by atoms with Gasteiger partial charge in [-0.2, -0.15) is 0 Å². The summed E-state index contributed by atoms with van der Waals surface area (Å²) in [4.78, 5) is 12.2. The van der Waals surface area contributed by atoms with E-state index in [4.69, 9.17) is 23.2 Å². The van der Waals surface area contributed by atoms with Crippen LogP contribution in [0.25, 0.3) is 0 Å². The lowest BCUT2D eigenvalue weighted by Gasteiger charge is -2.21. The molecule has 28 heavy (non-hydrogen) atoms. The Bertz CT molecular complexity index is 1110. The quantitative estimate of drug-likeness (QED) is 0.508. The highest BCUT2D eigenvalue weighted by Gasteiger charge is 2.26. The molecule has 0 fully saturated rings. The molecule has 1 N–H and O–H groups in total. The minimum absolute atomic E-state index is 0.00571. The summed E-state index contributed by atoms with van der Waals surface area (Å²) in [5.41, 5.74) is -0.227. The predicted molar refractivity (Wildman–Crippen MR) is 110 cm³/mol. The van der Waals surface area contributed by atoms with E-state index in [0.29, 0.717) is 6.42 Å². The van der Waals surface area contributed by atoms with E-state index < -0.39 is 26.5 Å². The van der Waals surface area contributed by atoms with Gasteiger partial charge in [0, 0.05) is 10.6 Å². The second-order valence-electron chi connectivity index (χ2n) is 6.53. The van der Waals surface area contributed by atoms with Crippen LogP contribution in [0.1, 0.15) is 29.3 Å². The zero-order valence-corrected chi connectivity index (χ0v) is 17.1. The lowest BCUT2D eigenvalue weighted by Crippen LogP contribution is -2.21. The maximum Gasteiger partial charge on any atom is 0.261 e. The number of anilines is 1. The van der Waals surface area contributed by atoms with Crippen LogP contribution in [-0.4, -0.2) is 19.1 Å². The molecule has 8 heteroatoms. The Morgan fingerprint density at radius 2 is 1.89 bits per heavy atom. The molecule has 0 spiro atoms. The average Bonchev–Trinajstić information content (AvgIpc) is 2.62. The van der Waals surface area contributed by atoms with Crippen LogP contribution >= 0.6 is 23.2 Å².